The fraction of sp³-hybridized carbons (Fsp3) is 0.235. The van der Waals surface area contributed by atoms with Crippen molar-refractivity contribution in [1.29, 1.82) is 0 Å². The number of methoxy groups -OCH3 is 2. The van der Waals surface area contributed by atoms with Gasteiger partial charge in [-0.05, 0) is 30.2 Å². The van der Waals surface area contributed by atoms with E-state index in [1.165, 1.54) is 20.3 Å². The van der Waals surface area contributed by atoms with Crippen molar-refractivity contribution < 1.29 is 18.7 Å². The van der Waals surface area contributed by atoms with Crippen LogP contribution < -0.4 is 14.8 Å². The van der Waals surface area contributed by atoms with Crippen LogP contribution in [0.1, 0.15) is 12.0 Å². The zero-order valence-electron chi connectivity index (χ0n) is 13.2. The zero-order chi connectivity index (χ0) is 17.7. The number of carbonyl (C=O) groups is 1. The molecule has 0 spiro atoms. The molecule has 0 saturated carbocycles. The Hall–Kier alpha value is -1.79. The molecule has 0 aliphatic carbocycles. The molecule has 0 aromatic heterocycles. The topological polar surface area (TPSA) is 47.6 Å². The first kappa shape index (κ1) is 18.5. The highest BCUT2D eigenvalue weighted by Gasteiger charge is 2.13. The van der Waals surface area contributed by atoms with Gasteiger partial charge in [-0.1, -0.05) is 33.6 Å². The van der Waals surface area contributed by atoms with Crippen molar-refractivity contribution in [3.8, 4) is 11.5 Å². The largest absolute Gasteiger partial charge is 0.495 e. The third kappa shape index (κ3) is 4.61. The normalized spacial score (nSPS) is 10.4. The molecule has 2 aromatic carbocycles. The van der Waals surface area contributed by atoms with Gasteiger partial charge in [0.1, 0.15) is 17.3 Å². The van der Waals surface area contributed by atoms with Crippen molar-refractivity contribution in [3.05, 3.63) is 51.2 Å². The minimum absolute atomic E-state index is 0.130. The number of aryl methyl sites for hydroxylation is 1. The average Bonchev–Trinajstić information content (AvgIpc) is 2.54. The fourth-order valence-corrected chi connectivity index (χ4v) is 2.72. The Morgan fingerprint density at radius 2 is 1.92 bits per heavy atom. The molecule has 24 heavy (non-hydrogen) atoms. The quantitative estimate of drug-likeness (QED) is 0.734. The number of nitrogens with one attached hydrogen (secondary N) is 1. The van der Waals surface area contributed by atoms with Gasteiger partial charge in [0, 0.05) is 17.0 Å². The fourth-order valence-electron chi connectivity index (χ4n) is 2.14. The number of hydrogen-bond acceptors (Lipinski definition) is 3. The van der Waals surface area contributed by atoms with Crippen molar-refractivity contribution in [2.75, 3.05) is 19.5 Å². The van der Waals surface area contributed by atoms with Gasteiger partial charge in [0.05, 0.1) is 24.9 Å². The van der Waals surface area contributed by atoms with Crippen molar-refractivity contribution in [2.24, 2.45) is 0 Å². The maximum absolute atomic E-state index is 13.8. The molecule has 0 radical (unpaired) electrons. The summed E-state index contributed by atoms with van der Waals surface area (Å²) in [6, 6.07) is 7.91. The van der Waals surface area contributed by atoms with Crippen LogP contribution in [0.25, 0.3) is 0 Å². The van der Waals surface area contributed by atoms with E-state index < -0.39 is 0 Å². The molecule has 128 valence electrons. The first-order chi connectivity index (χ1) is 11.4. The lowest BCUT2D eigenvalue weighted by Gasteiger charge is -2.13. The van der Waals surface area contributed by atoms with Crippen LogP contribution in [-0.4, -0.2) is 20.1 Å². The van der Waals surface area contributed by atoms with Gasteiger partial charge >= 0.3 is 0 Å². The second kappa shape index (κ2) is 8.35. The summed E-state index contributed by atoms with van der Waals surface area (Å²) in [6.45, 7) is 0. The van der Waals surface area contributed by atoms with E-state index in [0.29, 0.717) is 32.2 Å². The van der Waals surface area contributed by atoms with Gasteiger partial charge in [0.2, 0.25) is 5.91 Å². The number of rotatable bonds is 6. The van der Waals surface area contributed by atoms with E-state index in [1.807, 2.05) is 0 Å². The Morgan fingerprint density at radius 3 is 2.54 bits per heavy atom. The summed E-state index contributed by atoms with van der Waals surface area (Å²) in [6.07, 6.45) is 0.419. The molecule has 7 heteroatoms. The molecule has 0 aliphatic rings. The van der Waals surface area contributed by atoms with Crippen LogP contribution in [-0.2, 0) is 11.2 Å². The van der Waals surface area contributed by atoms with E-state index in [1.54, 1.807) is 24.3 Å². The highest BCUT2D eigenvalue weighted by atomic mass is 79.9. The number of halogens is 3. The van der Waals surface area contributed by atoms with Gasteiger partial charge in [0.15, 0.2) is 0 Å². The molecule has 4 nitrogen and oxygen atoms in total. The molecule has 0 heterocycles. The van der Waals surface area contributed by atoms with Gasteiger partial charge < -0.3 is 14.8 Å². The van der Waals surface area contributed by atoms with Crippen LogP contribution in [0.2, 0.25) is 5.02 Å². The Bertz CT molecular complexity index is 755. The number of amides is 1. The summed E-state index contributed by atoms with van der Waals surface area (Å²) in [4.78, 5) is 12.1. The predicted octanol–water partition coefficient (Wildman–Crippen LogP) is 4.83. The monoisotopic (exact) mass is 415 g/mol. The summed E-state index contributed by atoms with van der Waals surface area (Å²) in [5.74, 6) is 0.266. The third-order valence-electron chi connectivity index (χ3n) is 3.38. The average molecular weight is 417 g/mol. The van der Waals surface area contributed by atoms with Crippen molar-refractivity contribution >= 4 is 39.1 Å². The smallest absolute Gasteiger partial charge is 0.224 e. The second-order valence-electron chi connectivity index (χ2n) is 4.97. The van der Waals surface area contributed by atoms with Crippen LogP contribution in [0, 0.1) is 5.82 Å². The Morgan fingerprint density at radius 1 is 1.21 bits per heavy atom. The standard InChI is InChI=1S/C17H16BrClFNO3/c1-23-15-9-16(24-2)14(8-12(15)19)21-17(22)6-4-10-3-5-11(18)7-13(10)20/h3,5,7-9H,4,6H2,1-2H3,(H,21,22). The van der Waals surface area contributed by atoms with Gasteiger partial charge in [-0.3, -0.25) is 4.79 Å². The molecular formula is C17H16BrClFNO3. The van der Waals surface area contributed by atoms with Crippen LogP contribution >= 0.6 is 27.5 Å². The number of benzene rings is 2. The SMILES string of the molecule is COc1cc(OC)c(NC(=O)CCc2ccc(Br)cc2F)cc1Cl. The van der Waals surface area contributed by atoms with Crippen molar-refractivity contribution in [3.63, 3.8) is 0 Å². The first-order valence-corrected chi connectivity index (χ1v) is 8.27. The minimum atomic E-state index is -0.345. The lowest BCUT2D eigenvalue weighted by atomic mass is 10.1. The Kier molecular flexibility index (Phi) is 6.45. The molecule has 0 fully saturated rings. The van der Waals surface area contributed by atoms with Gasteiger partial charge in [-0.15, -0.1) is 0 Å². The van der Waals surface area contributed by atoms with E-state index in [-0.39, 0.29) is 24.6 Å². The number of anilines is 1. The Labute approximate surface area is 153 Å². The maximum atomic E-state index is 13.8. The Balaban J connectivity index is 2.05. The van der Waals surface area contributed by atoms with Crippen LogP contribution in [0.4, 0.5) is 10.1 Å². The minimum Gasteiger partial charge on any atom is -0.495 e. The summed E-state index contributed by atoms with van der Waals surface area (Å²) < 4.78 is 24.8. The van der Waals surface area contributed by atoms with Crippen LogP contribution in [0.15, 0.2) is 34.8 Å². The van der Waals surface area contributed by atoms with Crippen LogP contribution in [0.5, 0.6) is 11.5 Å². The highest BCUT2D eigenvalue weighted by molar-refractivity contribution is 9.10. The number of ether oxygens (including phenoxy) is 2. The first-order valence-electron chi connectivity index (χ1n) is 7.10. The lowest BCUT2D eigenvalue weighted by Crippen LogP contribution is -2.13. The lowest BCUT2D eigenvalue weighted by molar-refractivity contribution is -0.116. The summed E-state index contributed by atoms with van der Waals surface area (Å²) >= 11 is 9.26. The second-order valence-corrected chi connectivity index (χ2v) is 6.29. The van der Waals surface area contributed by atoms with E-state index in [0.717, 1.165) is 0 Å². The molecule has 1 amide bonds. The van der Waals surface area contributed by atoms with Gasteiger partial charge in [0.25, 0.3) is 0 Å². The molecule has 2 aromatic rings. The molecule has 2 rings (SSSR count). The van der Waals surface area contributed by atoms with E-state index >= 15 is 0 Å². The summed E-state index contributed by atoms with van der Waals surface area (Å²) in [7, 11) is 2.97. The van der Waals surface area contributed by atoms with Gasteiger partial charge in [-0.2, -0.15) is 0 Å². The highest BCUT2D eigenvalue weighted by Crippen LogP contribution is 2.35. The van der Waals surface area contributed by atoms with Crippen molar-refractivity contribution in [1.82, 2.24) is 0 Å². The number of hydrogen-bond donors (Lipinski definition) is 1. The molecule has 0 bridgehead atoms. The molecule has 0 aliphatic heterocycles. The van der Waals surface area contributed by atoms with Crippen molar-refractivity contribution in [2.45, 2.75) is 12.8 Å². The predicted molar refractivity (Wildman–Crippen MR) is 95.6 cm³/mol. The third-order valence-corrected chi connectivity index (χ3v) is 4.17. The number of carbonyl (C=O) groups excluding carboxylic acids is 1. The van der Waals surface area contributed by atoms with Crippen LogP contribution in [0.3, 0.4) is 0 Å². The molecule has 1 N–H and O–H groups in total. The molecule has 0 unspecified atom stereocenters. The molecule has 0 atom stereocenters. The van der Waals surface area contributed by atoms with E-state index in [4.69, 9.17) is 21.1 Å². The van der Waals surface area contributed by atoms with E-state index in [2.05, 4.69) is 21.2 Å². The summed E-state index contributed by atoms with van der Waals surface area (Å²) in [5.41, 5.74) is 0.914. The zero-order valence-corrected chi connectivity index (χ0v) is 15.5. The van der Waals surface area contributed by atoms with E-state index in [9.17, 15) is 9.18 Å². The summed E-state index contributed by atoms with van der Waals surface area (Å²) in [5, 5.41) is 3.07. The maximum Gasteiger partial charge on any atom is 0.224 e. The van der Waals surface area contributed by atoms with Gasteiger partial charge in [-0.25, -0.2) is 4.39 Å². The molecular weight excluding hydrogens is 401 g/mol. The molecule has 0 saturated heterocycles.